The van der Waals surface area contributed by atoms with E-state index in [1.165, 1.54) is 0 Å². The third-order valence-electron chi connectivity index (χ3n) is 0.863. The van der Waals surface area contributed by atoms with E-state index in [0.29, 0.717) is 0 Å². The number of carboxylic acids is 1. The van der Waals surface area contributed by atoms with Gasteiger partial charge in [0.1, 0.15) is 6.79 Å². The largest absolute Gasteiger partial charge is 0.481 e. The summed E-state index contributed by atoms with van der Waals surface area (Å²) < 4.78 is 9.43. The zero-order valence-electron chi connectivity index (χ0n) is 6.15. The number of aliphatic hydroxyl groups is 1. The van der Waals surface area contributed by atoms with E-state index in [1.807, 2.05) is 0 Å². The molecule has 11 heavy (non-hydrogen) atoms. The summed E-state index contributed by atoms with van der Waals surface area (Å²) in [6.07, 6.45) is -0.0253. The Balaban J connectivity index is 2.85. The SMILES string of the molecule is O=C(O)CCOCOCCO. The van der Waals surface area contributed by atoms with E-state index in [-0.39, 0.29) is 33.0 Å². The summed E-state index contributed by atoms with van der Waals surface area (Å²) >= 11 is 0. The summed E-state index contributed by atoms with van der Waals surface area (Å²) in [4.78, 5) is 9.93. The van der Waals surface area contributed by atoms with Crippen LogP contribution in [0.15, 0.2) is 0 Å². The highest BCUT2D eigenvalue weighted by Crippen LogP contribution is 1.83. The van der Waals surface area contributed by atoms with Gasteiger partial charge in [0.2, 0.25) is 0 Å². The zero-order chi connectivity index (χ0) is 8.53. The van der Waals surface area contributed by atoms with Gasteiger partial charge in [-0.25, -0.2) is 0 Å². The lowest BCUT2D eigenvalue weighted by molar-refractivity contribution is -0.139. The molecule has 0 aliphatic rings. The number of carboxylic acid groups (broad SMARTS) is 1. The highest BCUT2D eigenvalue weighted by atomic mass is 16.7. The van der Waals surface area contributed by atoms with Gasteiger partial charge in [-0.1, -0.05) is 0 Å². The molecule has 66 valence electrons. The number of hydrogen-bond acceptors (Lipinski definition) is 4. The first-order valence-electron chi connectivity index (χ1n) is 3.25. The second kappa shape index (κ2) is 7.46. The highest BCUT2D eigenvalue weighted by molar-refractivity contribution is 5.66. The molecular weight excluding hydrogens is 152 g/mol. The van der Waals surface area contributed by atoms with Crippen molar-refractivity contribution >= 4 is 5.97 Å². The lowest BCUT2D eigenvalue weighted by Crippen LogP contribution is -2.07. The van der Waals surface area contributed by atoms with E-state index in [1.54, 1.807) is 0 Å². The van der Waals surface area contributed by atoms with Crippen LogP contribution in [0.1, 0.15) is 6.42 Å². The number of aliphatic carboxylic acids is 1. The predicted octanol–water partition coefficient (Wildman–Crippen LogP) is -0.556. The Morgan fingerprint density at radius 2 is 1.91 bits per heavy atom. The van der Waals surface area contributed by atoms with E-state index in [2.05, 4.69) is 0 Å². The molecule has 0 saturated heterocycles. The van der Waals surface area contributed by atoms with Crippen molar-refractivity contribution in [2.24, 2.45) is 0 Å². The van der Waals surface area contributed by atoms with Crippen molar-refractivity contribution < 1.29 is 24.5 Å². The predicted molar refractivity (Wildman–Crippen MR) is 36.1 cm³/mol. The smallest absolute Gasteiger partial charge is 0.305 e. The minimum atomic E-state index is -0.896. The summed E-state index contributed by atoms with van der Waals surface area (Å²) in [6, 6.07) is 0. The van der Waals surface area contributed by atoms with E-state index < -0.39 is 5.97 Å². The molecular formula is C6H12O5. The highest BCUT2D eigenvalue weighted by Gasteiger charge is 1.95. The lowest BCUT2D eigenvalue weighted by Gasteiger charge is -2.01. The Hall–Kier alpha value is -0.650. The zero-order valence-corrected chi connectivity index (χ0v) is 6.15. The van der Waals surface area contributed by atoms with Crippen LogP contribution in [-0.4, -0.2) is 42.8 Å². The van der Waals surface area contributed by atoms with Crippen molar-refractivity contribution in [2.75, 3.05) is 26.6 Å². The standard InChI is InChI=1S/C6H12O5/c7-2-4-11-5-10-3-1-6(8)9/h7H,1-5H2,(H,8,9). The quantitative estimate of drug-likeness (QED) is 0.390. The van der Waals surface area contributed by atoms with E-state index in [9.17, 15) is 4.79 Å². The van der Waals surface area contributed by atoms with Crippen molar-refractivity contribution in [2.45, 2.75) is 6.42 Å². The first-order chi connectivity index (χ1) is 5.27. The first-order valence-corrected chi connectivity index (χ1v) is 3.25. The second-order valence-electron chi connectivity index (χ2n) is 1.80. The van der Waals surface area contributed by atoms with Crippen LogP contribution in [0.3, 0.4) is 0 Å². The maximum atomic E-state index is 9.93. The summed E-state index contributed by atoms with van der Waals surface area (Å²) in [6.45, 7) is 0.337. The molecule has 5 nitrogen and oxygen atoms in total. The van der Waals surface area contributed by atoms with Gasteiger partial charge in [0.05, 0.1) is 26.2 Å². The fourth-order valence-corrected chi connectivity index (χ4v) is 0.401. The Labute approximate surface area is 64.5 Å². The molecule has 0 amide bonds. The van der Waals surface area contributed by atoms with Crippen LogP contribution in [-0.2, 0) is 14.3 Å². The van der Waals surface area contributed by atoms with Gasteiger partial charge in [-0.2, -0.15) is 0 Å². The number of carbonyl (C=O) groups is 1. The number of hydrogen-bond donors (Lipinski definition) is 2. The molecule has 0 bridgehead atoms. The van der Waals surface area contributed by atoms with Crippen molar-refractivity contribution in [3.05, 3.63) is 0 Å². The molecule has 0 aliphatic heterocycles. The van der Waals surface area contributed by atoms with Crippen LogP contribution < -0.4 is 0 Å². The molecule has 0 radical (unpaired) electrons. The molecule has 0 aliphatic carbocycles. The molecule has 0 aromatic heterocycles. The van der Waals surface area contributed by atoms with Gasteiger partial charge in [0, 0.05) is 0 Å². The number of aliphatic hydroxyl groups excluding tert-OH is 1. The summed E-state index contributed by atoms with van der Waals surface area (Å²) in [5, 5.41) is 16.4. The molecule has 0 saturated carbocycles. The average molecular weight is 164 g/mol. The van der Waals surface area contributed by atoms with Gasteiger partial charge < -0.3 is 19.7 Å². The number of rotatable bonds is 7. The van der Waals surface area contributed by atoms with Crippen LogP contribution in [0, 0.1) is 0 Å². The van der Waals surface area contributed by atoms with Crippen molar-refractivity contribution in [3.8, 4) is 0 Å². The molecule has 0 spiro atoms. The van der Waals surface area contributed by atoms with E-state index in [0.717, 1.165) is 0 Å². The fraction of sp³-hybridized carbons (Fsp3) is 0.833. The van der Waals surface area contributed by atoms with Crippen molar-refractivity contribution in [3.63, 3.8) is 0 Å². The minimum absolute atomic E-state index is 0.0253. The molecule has 0 rings (SSSR count). The van der Waals surface area contributed by atoms with Crippen LogP contribution in [0.25, 0.3) is 0 Å². The van der Waals surface area contributed by atoms with E-state index >= 15 is 0 Å². The summed E-state index contributed by atoms with van der Waals surface area (Å²) in [5.74, 6) is -0.896. The first kappa shape index (κ1) is 10.3. The third-order valence-corrected chi connectivity index (χ3v) is 0.863. The molecule has 0 heterocycles. The normalized spacial score (nSPS) is 9.91. The van der Waals surface area contributed by atoms with Crippen LogP contribution >= 0.6 is 0 Å². The Morgan fingerprint density at radius 3 is 2.45 bits per heavy atom. The van der Waals surface area contributed by atoms with Crippen LogP contribution in [0.4, 0.5) is 0 Å². The molecule has 0 atom stereocenters. The molecule has 0 aromatic carbocycles. The summed E-state index contributed by atoms with van der Waals surface area (Å²) in [7, 11) is 0. The fourth-order valence-electron chi connectivity index (χ4n) is 0.401. The molecule has 0 aromatic rings. The van der Waals surface area contributed by atoms with Gasteiger partial charge in [-0.3, -0.25) is 4.79 Å². The van der Waals surface area contributed by atoms with Crippen molar-refractivity contribution in [1.29, 1.82) is 0 Å². The Bertz CT molecular complexity index is 103. The molecule has 0 unspecified atom stereocenters. The van der Waals surface area contributed by atoms with Crippen LogP contribution in [0.2, 0.25) is 0 Å². The molecule has 5 heteroatoms. The topological polar surface area (TPSA) is 76.0 Å². The third kappa shape index (κ3) is 9.35. The van der Waals surface area contributed by atoms with Gasteiger partial charge in [0.25, 0.3) is 0 Å². The van der Waals surface area contributed by atoms with Gasteiger partial charge in [-0.15, -0.1) is 0 Å². The van der Waals surface area contributed by atoms with Gasteiger partial charge >= 0.3 is 5.97 Å². The molecule has 2 N–H and O–H groups in total. The summed E-state index contributed by atoms with van der Waals surface area (Å²) in [5.41, 5.74) is 0. The Kier molecular flexibility index (Phi) is 7.02. The van der Waals surface area contributed by atoms with Crippen molar-refractivity contribution in [1.82, 2.24) is 0 Å². The van der Waals surface area contributed by atoms with Gasteiger partial charge in [-0.05, 0) is 0 Å². The maximum absolute atomic E-state index is 9.93. The average Bonchev–Trinajstić information content (AvgIpc) is 1.96. The van der Waals surface area contributed by atoms with Crippen LogP contribution in [0.5, 0.6) is 0 Å². The minimum Gasteiger partial charge on any atom is -0.481 e. The second-order valence-corrected chi connectivity index (χ2v) is 1.80. The Morgan fingerprint density at radius 1 is 1.27 bits per heavy atom. The number of ether oxygens (including phenoxy) is 2. The van der Waals surface area contributed by atoms with E-state index in [4.69, 9.17) is 19.7 Å². The molecule has 0 fully saturated rings. The monoisotopic (exact) mass is 164 g/mol. The van der Waals surface area contributed by atoms with Gasteiger partial charge in [0.15, 0.2) is 0 Å². The lowest BCUT2D eigenvalue weighted by atomic mass is 10.5. The maximum Gasteiger partial charge on any atom is 0.305 e.